The highest BCUT2D eigenvalue weighted by atomic mass is 19.4. The standard InChI is InChI=1S/C16H15F3N2O4/c17-16(18,19)10-3-1-4-12(7-10)25-9-11(22)8-21-15(24)13-5-2-6-20-14(13)23/h1-7,11,22H,8-9H2,(H,20,23)(H,21,24). The lowest BCUT2D eigenvalue weighted by atomic mass is 10.2. The van der Waals surface area contributed by atoms with Gasteiger partial charge in [-0.05, 0) is 30.3 Å². The number of pyridine rings is 1. The zero-order valence-electron chi connectivity index (χ0n) is 12.8. The molecule has 1 amide bonds. The van der Waals surface area contributed by atoms with Crippen LogP contribution in [-0.4, -0.2) is 35.3 Å². The molecular formula is C16H15F3N2O4. The van der Waals surface area contributed by atoms with Gasteiger partial charge in [0.2, 0.25) is 0 Å². The van der Waals surface area contributed by atoms with E-state index in [1.807, 2.05) is 0 Å². The molecule has 0 aliphatic heterocycles. The monoisotopic (exact) mass is 356 g/mol. The Balaban J connectivity index is 1.85. The van der Waals surface area contributed by atoms with Gasteiger partial charge in [-0.15, -0.1) is 0 Å². The molecule has 1 aromatic heterocycles. The van der Waals surface area contributed by atoms with Gasteiger partial charge in [0.15, 0.2) is 0 Å². The Kier molecular flexibility index (Phi) is 5.81. The zero-order chi connectivity index (χ0) is 18.4. The number of alkyl halides is 3. The summed E-state index contributed by atoms with van der Waals surface area (Å²) in [6.07, 6.45) is -4.28. The van der Waals surface area contributed by atoms with Crippen LogP contribution in [0.15, 0.2) is 47.4 Å². The number of carbonyl (C=O) groups is 1. The minimum Gasteiger partial charge on any atom is -0.491 e. The third-order valence-electron chi connectivity index (χ3n) is 3.16. The normalized spacial score (nSPS) is 12.5. The summed E-state index contributed by atoms with van der Waals surface area (Å²) < 4.78 is 42.9. The summed E-state index contributed by atoms with van der Waals surface area (Å²) in [4.78, 5) is 25.6. The van der Waals surface area contributed by atoms with Crippen molar-refractivity contribution in [1.82, 2.24) is 10.3 Å². The van der Waals surface area contributed by atoms with Crippen molar-refractivity contribution < 1.29 is 27.8 Å². The summed E-state index contributed by atoms with van der Waals surface area (Å²) in [5.41, 5.74) is -1.56. The number of amides is 1. The number of aliphatic hydroxyl groups excluding tert-OH is 1. The van der Waals surface area contributed by atoms with Crippen molar-refractivity contribution >= 4 is 5.91 Å². The first-order valence-electron chi connectivity index (χ1n) is 7.21. The quantitative estimate of drug-likeness (QED) is 0.733. The molecule has 134 valence electrons. The molecule has 0 saturated heterocycles. The van der Waals surface area contributed by atoms with Gasteiger partial charge in [0.25, 0.3) is 11.5 Å². The fourth-order valence-electron chi connectivity index (χ4n) is 1.92. The minimum absolute atomic E-state index is 0.0558. The lowest BCUT2D eigenvalue weighted by molar-refractivity contribution is -0.137. The van der Waals surface area contributed by atoms with Crippen molar-refractivity contribution in [1.29, 1.82) is 0 Å². The second-order valence-electron chi connectivity index (χ2n) is 5.11. The largest absolute Gasteiger partial charge is 0.491 e. The fourth-order valence-corrected chi connectivity index (χ4v) is 1.92. The van der Waals surface area contributed by atoms with Crippen LogP contribution in [0.25, 0.3) is 0 Å². The second kappa shape index (κ2) is 7.84. The number of carbonyl (C=O) groups excluding carboxylic acids is 1. The lowest BCUT2D eigenvalue weighted by Gasteiger charge is -2.14. The molecule has 1 unspecified atom stereocenters. The maximum Gasteiger partial charge on any atom is 0.416 e. The average Bonchev–Trinajstić information content (AvgIpc) is 2.58. The zero-order valence-corrected chi connectivity index (χ0v) is 12.8. The second-order valence-corrected chi connectivity index (χ2v) is 5.11. The van der Waals surface area contributed by atoms with Crippen molar-refractivity contribution in [2.45, 2.75) is 12.3 Å². The molecule has 25 heavy (non-hydrogen) atoms. The van der Waals surface area contributed by atoms with E-state index in [0.717, 1.165) is 12.1 Å². The molecule has 2 rings (SSSR count). The molecule has 0 radical (unpaired) electrons. The molecule has 2 aromatic rings. The third kappa shape index (κ3) is 5.35. The van der Waals surface area contributed by atoms with Crippen LogP contribution in [0.1, 0.15) is 15.9 Å². The molecule has 0 aliphatic rings. The maximum atomic E-state index is 12.6. The number of hydrogen-bond donors (Lipinski definition) is 3. The van der Waals surface area contributed by atoms with Gasteiger partial charge in [0, 0.05) is 12.7 Å². The Bertz CT molecular complexity index is 789. The van der Waals surface area contributed by atoms with Crippen molar-refractivity contribution in [3.8, 4) is 5.75 Å². The highest BCUT2D eigenvalue weighted by molar-refractivity contribution is 5.93. The molecule has 1 aromatic carbocycles. The first-order chi connectivity index (χ1) is 11.8. The van der Waals surface area contributed by atoms with Crippen LogP contribution in [0.2, 0.25) is 0 Å². The molecular weight excluding hydrogens is 341 g/mol. The first kappa shape index (κ1) is 18.5. The summed E-state index contributed by atoms with van der Waals surface area (Å²) in [5, 5.41) is 12.1. The number of H-pyrrole nitrogens is 1. The number of aromatic nitrogens is 1. The van der Waals surface area contributed by atoms with Gasteiger partial charge in [-0.25, -0.2) is 0 Å². The molecule has 0 fully saturated rings. The van der Waals surface area contributed by atoms with Gasteiger partial charge in [0.1, 0.15) is 24.0 Å². The van der Waals surface area contributed by atoms with E-state index in [4.69, 9.17) is 4.74 Å². The smallest absolute Gasteiger partial charge is 0.416 e. The van der Waals surface area contributed by atoms with E-state index >= 15 is 0 Å². The highest BCUT2D eigenvalue weighted by Gasteiger charge is 2.30. The Hall–Kier alpha value is -2.81. The van der Waals surface area contributed by atoms with Gasteiger partial charge in [-0.2, -0.15) is 13.2 Å². The van der Waals surface area contributed by atoms with Crippen molar-refractivity contribution in [2.24, 2.45) is 0 Å². The number of rotatable bonds is 6. The Labute approximate surface area is 140 Å². The van der Waals surface area contributed by atoms with Crippen LogP contribution in [-0.2, 0) is 6.18 Å². The van der Waals surface area contributed by atoms with E-state index in [9.17, 15) is 27.9 Å². The van der Waals surface area contributed by atoms with Crippen molar-refractivity contribution in [3.05, 3.63) is 64.1 Å². The number of nitrogens with one attached hydrogen (secondary N) is 2. The number of benzene rings is 1. The van der Waals surface area contributed by atoms with E-state index < -0.39 is 29.3 Å². The highest BCUT2D eigenvalue weighted by Crippen LogP contribution is 2.31. The van der Waals surface area contributed by atoms with E-state index in [-0.39, 0.29) is 24.5 Å². The minimum atomic E-state index is -4.49. The molecule has 3 N–H and O–H groups in total. The number of aromatic amines is 1. The molecule has 1 atom stereocenters. The summed E-state index contributed by atoms with van der Waals surface area (Å²) in [6, 6.07) is 7.02. The fraction of sp³-hybridized carbons (Fsp3) is 0.250. The van der Waals surface area contributed by atoms with E-state index in [2.05, 4.69) is 10.3 Å². The van der Waals surface area contributed by atoms with Crippen LogP contribution < -0.4 is 15.6 Å². The van der Waals surface area contributed by atoms with Crippen LogP contribution in [0, 0.1) is 0 Å². The molecule has 6 nitrogen and oxygen atoms in total. The number of aliphatic hydroxyl groups is 1. The Morgan fingerprint density at radius 1 is 1.28 bits per heavy atom. The van der Waals surface area contributed by atoms with Gasteiger partial charge >= 0.3 is 6.18 Å². The summed E-state index contributed by atoms with van der Waals surface area (Å²) in [6.45, 7) is -0.557. The van der Waals surface area contributed by atoms with Crippen molar-refractivity contribution in [2.75, 3.05) is 13.2 Å². The predicted molar refractivity (Wildman–Crippen MR) is 82.3 cm³/mol. The van der Waals surface area contributed by atoms with E-state index in [0.29, 0.717) is 0 Å². The van der Waals surface area contributed by atoms with Crippen LogP contribution in [0.5, 0.6) is 5.75 Å². The Morgan fingerprint density at radius 3 is 2.72 bits per heavy atom. The number of hydrogen-bond acceptors (Lipinski definition) is 4. The molecule has 0 spiro atoms. The molecule has 1 heterocycles. The third-order valence-corrected chi connectivity index (χ3v) is 3.16. The maximum absolute atomic E-state index is 12.6. The topological polar surface area (TPSA) is 91.4 Å². The van der Waals surface area contributed by atoms with Gasteiger partial charge in [-0.3, -0.25) is 9.59 Å². The van der Waals surface area contributed by atoms with E-state index in [1.54, 1.807) is 0 Å². The van der Waals surface area contributed by atoms with E-state index in [1.165, 1.54) is 30.5 Å². The van der Waals surface area contributed by atoms with Gasteiger partial charge in [0.05, 0.1) is 5.56 Å². The van der Waals surface area contributed by atoms with Crippen LogP contribution in [0.3, 0.4) is 0 Å². The summed E-state index contributed by atoms with van der Waals surface area (Å²) in [5.74, 6) is -0.736. The van der Waals surface area contributed by atoms with Gasteiger partial charge in [-0.1, -0.05) is 6.07 Å². The molecule has 0 saturated carbocycles. The average molecular weight is 356 g/mol. The number of halogens is 3. The lowest BCUT2D eigenvalue weighted by Crippen LogP contribution is -2.37. The molecule has 0 aliphatic carbocycles. The molecule has 0 bridgehead atoms. The van der Waals surface area contributed by atoms with Crippen LogP contribution >= 0.6 is 0 Å². The molecule has 9 heteroatoms. The van der Waals surface area contributed by atoms with Crippen LogP contribution in [0.4, 0.5) is 13.2 Å². The summed E-state index contributed by atoms with van der Waals surface area (Å²) in [7, 11) is 0. The Morgan fingerprint density at radius 2 is 2.04 bits per heavy atom. The SMILES string of the molecule is O=C(NCC(O)COc1cccc(C(F)(F)F)c1)c1ccc[nH]c1=O. The summed E-state index contributed by atoms with van der Waals surface area (Å²) >= 11 is 0. The predicted octanol–water partition coefficient (Wildman–Crippen LogP) is 1.56. The first-order valence-corrected chi connectivity index (χ1v) is 7.21. The number of ether oxygens (including phenoxy) is 1. The van der Waals surface area contributed by atoms with Crippen molar-refractivity contribution in [3.63, 3.8) is 0 Å². The van der Waals surface area contributed by atoms with Gasteiger partial charge < -0.3 is 20.1 Å².